The summed E-state index contributed by atoms with van der Waals surface area (Å²) in [6.07, 6.45) is -2.90. The van der Waals surface area contributed by atoms with Crippen LogP contribution in [0.1, 0.15) is 40.5 Å². The van der Waals surface area contributed by atoms with E-state index in [2.05, 4.69) is 24.3 Å². The maximum absolute atomic E-state index is 12.7. The van der Waals surface area contributed by atoms with E-state index in [4.69, 9.17) is 35.3 Å². The van der Waals surface area contributed by atoms with Gasteiger partial charge >= 0.3 is 12.3 Å². The third-order valence-electron chi connectivity index (χ3n) is 8.43. The van der Waals surface area contributed by atoms with Crippen LogP contribution in [0.5, 0.6) is 0 Å². The maximum atomic E-state index is 12.7. The van der Waals surface area contributed by atoms with Gasteiger partial charge in [-0.15, -0.1) is 0 Å². The molecule has 3 aliphatic rings. The lowest BCUT2D eigenvalue weighted by Gasteiger charge is -2.20. The van der Waals surface area contributed by atoms with Crippen LogP contribution in [-0.2, 0) is 23.7 Å². The van der Waals surface area contributed by atoms with Crippen LogP contribution in [0.4, 0.5) is 9.59 Å². The molecule has 43 heavy (non-hydrogen) atoms. The van der Waals surface area contributed by atoms with E-state index in [0.29, 0.717) is 0 Å². The summed E-state index contributed by atoms with van der Waals surface area (Å²) in [5, 5.41) is 0. The molecule has 3 atom stereocenters. The third kappa shape index (κ3) is 5.35. The third-order valence-corrected chi connectivity index (χ3v) is 8.71. The first-order chi connectivity index (χ1) is 21.1. The van der Waals surface area contributed by atoms with Crippen LogP contribution in [0, 0.1) is 0 Å². The van der Waals surface area contributed by atoms with Crippen molar-refractivity contribution < 1.29 is 33.3 Å². The van der Waals surface area contributed by atoms with Crippen LogP contribution in [0.2, 0.25) is 0 Å². The molecule has 0 aromatic heterocycles. The summed E-state index contributed by atoms with van der Waals surface area (Å²) >= 11 is 6.21. The molecule has 7 rings (SSSR count). The Balaban J connectivity index is 0.924. The number of ether oxygens (including phenoxy) is 5. The fourth-order valence-electron chi connectivity index (χ4n) is 6.47. The summed E-state index contributed by atoms with van der Waals surface area (Å²) in [7, 11) is 0. The number of hydrogen-bond acceptors (Lipinski definition) is 7. The zero-order valence-corrected chi connectivity index (χ0v) is 23.9. The normalized spacial score (nSPS) is 20.1. The van der Waals surface area contributed by atoms with Gasteiger partial charge < -0.3 is 23.7 Å². The Hall–Kier alpha value is -4.33. The van der Waals surface area contributed by atoms with Crippen molar-refractivity contribution >= 4 is 23.9 Å². The van der Waals surface area contributed by atoms with Crippen LogP contribution in [-0.4, -0.2) is 49.9 Å². The first-order valence-electron chi connectivity index (χ1n) is 14.4. The van der Waals surface area contributed by atoms with E-state index in [9.17, 15) is 9.59 Å². The molecule has 0 bridgehead atoms. The number of rotatable bonds is 7. The van der Waals surface area contributed by atoms with Crippen LogP contribution in [0.15, 0.2) is 97.1 Å². The van der Waals surface area contributed by atoms with Crippen molar-refractivity contribution in [3.05, 3.63) is 119 Å². The molecule has 0 N–H and O–H groups in total. The molecule has 4 aromatic carbocycles. The Kier molecular flexibility index (Phi) is 7.51. The number of carbonyl (C=O) groups excluding carboxylic acids is 2. The van der Waals surface area contributed by atoms with Gasteiger partial charge in [0.2, 0.25) is 0 Å². The second-order valence-corrected chi connectivity index (χ2v) is 11.4. The van der Waals surface area contributed by atoms with E-state index >= 15 is 0 Å². The molecule has 0 saturated carbocycles. The minimum atomic E-state index is -0.830. The molecule has 0 spiro atoms. The SMILES string of the molecule is O=C(OCC1c2ccccc2-c2ccccc21)OCC1OC(Cl)CC1OC(=O)OCC1c2ccccc2-c2ccccc21. The smallest absolute Gasteiger partial charge is 0.433 e. The topological polar surface area (TPSA) is 80.3 Å². The average molecular weight is 597 g/mol. The molecule has 0 radical (unpaired) electrons. The average Bonchev–Trinajstić information content (AvgIpc) is 3.66. The highest BCUT2D eigenvalue weighted by atomic mass is 35.5. The second kappa shape index (κ2) is 11.7. The van der Waals surface area contributed by atoms with Crippen LogP contribution in [0.25, 0.3) is 22.3 Å². The Morgan fingerprint density at radius 2 is 1.00 bits per heavy atom. The molecule has 3 unspecified atom stereocenters. The van der Waals surface area contributed by atoms with Crippen molar-refractivity contribution in [3.63, 3.8) is 0 Å². The predicted octanol–water partition coefficient (Wildman–Crippen LogP) is 7.64. The summed E-state index contributed by atoms with van der Waals surface area (Å²) in [5.41, 5.74) is 8.30. The lowest BCUT2D eigenvalue weighted by molar-refractivity contribution is -0.0461. The predicted molar refractivity (Wildman–Crippen MR) is 160 cm³/mol. The fourth-order valence-corrected chi connectivity index (χ4v) is 6.78. The lowest BCUT2D eigenvalue weighted by atomic mass is 9.98. The van der Waals surface area contributed by atoms with Gasteiger partial charge in [-0.2, -0.15) is 0 Å². The maximum Gasteiger partial charge on any atom is 0.508 e. The number of fused-ring (bicyclic) bond motifs is 6. The number of carbonyl (C=O) groups is 2. The second-order valence-electron chi connectivity index (χ2n) is 10.9. The van der Waals surface area contributed by atoms with Gasteiger partial charge in [0.25, 0.3) is 0 Å². The first kappa shape index (κ1) is 27.5. The largest absolute Gasteiger partial charge is 0.508 e. The molecular formula is C35H29ClO7. The summed E-state index contributed by atoms with van der Waals surface area (Å²) < 4.78 is 27.7. The van der Waals surface area contributed by atoms with E-state index in [1.807, 2.05) is 72.8 Å². The Labute approximate surface area is 254 Å². The molecule has 1 heterocycles. The standard InChI is InChI=1S/C35H29ClO7/c36-33-17-31(43-35(38)40-19-30-27-15-7-3-11-23(27)24-12-4-8-16-28(24)30)32(42-33)20-41-34(37)39-18-29-25-13-5-1-9-21(25)22-10-2-6-14-26(22)29/h1-16,29-33H,17-20H2. The summed E-state index contributed by atoms with van der Waals surface area (Å²) in [4.78, 5) is 25.3. The van der Waals surface area contributed by atoms with Gasteiger partial charge in [0.1, 0.15) is 37.6 Å². The van der Waals surface area contributed by atoms with Crippen LogP contribution in [0.3, 0.4) is 0 Å². The zero-order valence-electron chi connectivity index (χ0n) is 23.2. The van der Waals surface area contributed by atoms with Crippen molar-refractivity contribution in [2.24, 2.45) is 0 Å². The molecule has 1 aliphatic heterocycles. The van der Waals surface area contributed by atoms with Gasteiger partial charge in [-0.25, -0.2) is 9.59 Å². The Morgan fingerprint density at radius 3 is 1.47 bits per heavy atom. The molecule has 2 aliphatic carbocycles. The van der Waals surface area contributed by atoms with Crippen LogP contribution >= 0.6 is 11.6 Å². The van der Waals surface area contributed by atoms with Gasteiger partial charge in [-0.3, -0.25) is 0 Å². The highest BCUT2D eigenvalue weighted by molar-refractivity contribution is 6.19. The number of alkyl halides is 1. The van der Waals surface area contributed by atoms with Crippen molar-refractivity contribution in [2.45, 2.75) is 36.0 Å². The van der Waals surface area contributed by atoms with Gasteiger partial charge in [-0.1, -0.05) is 109 Å². The molecule has 218 valence electrons. The van der Waals surface area contributed by atoms with Gasteiger partial charge in [0.05, 0.1) is 0 Å². The monoisotopic (exact) mass is 596 g/mol. The first-order valence-corrected chi connectivity index (χ1v) is 14.8. The van der Waals surface area contributed by atoms with Crippen LogP contribution < -0.4 is 0 Å². The molecular weight excluding hydrogens is 568 g/mol. The van der Waals surface area contributed by atoms with E-state index in [1.165, 1.54) is 0 Å². The molecule has 8 heteroatoms. The number of halogens is 1. The molecule has 0 amide bonds. The number of benzene rings is 4. The Bertz CT molecular complexity index is 1580. The van der Waals surface area contributed by atoms with E-state index in [-0.39, 0.29) is 38.1 Å². The van der Waals surface area contributed by atoms with E-state index < -0.39 is 30.1 Å². The zero-order chi connectivity index (χ0) is 29.3. The van der Waals surface area contributed by atoms with Crippen molar-refractivity contribution in [1.82, 2.24) is 0 Å². The minimum Gasteiger partial charge on any atom is -0.433 e. The van der Waals surface area contributed by atoms with Crippen molar-refractivity contribution in [1.29, 1.82) is 0 Å². The van der Waals surface area contributed by atoms with E-state index in [0.717, 1.165) is 44.5 Å². The quantitative estimate of drug-likeness (QED) is 0.160. The summed E-state index contributed by atoms with van der Waals surface area (Å²) in [6.45, 7) is 0.0864. The van der Waals surface area contributed by atoms with Gasteiger partial charge in [0.15, 0.2) is 0 Å². The van der Waals surface area contributed by atoms with E-state index in [1.54, 1.807) is 0 Å². The molecule has 1 saturated heterocycles. The van der Waals surface area contributed by atoms with Crippen molar-refractivity contribution in [2.75, 3.05) is 19.8 Å². The summed E-state index contributed by atoms with van der Waals surface area (Å²) in [5.74, 6) is -0.173. The van der Waals surface area contributed by atoms with Gasteiger partial charge in [-0.05, 0) is 44.5 Å². The van der Waals surface area contributed by atoms with Crippen molar-refractivity contribution in [3.8, 4) is 22.3 Å². The highest BCUT2D eigenvalue weighted by Gasteiger charge is 2.39. The highest BCUT2D eigenvalue weighted by Crippen LogP contribution is 2.45. The van der Waals surface area contributed by atoms with Gasteiger partial charge in [0, 0.05) is 18.3 Å². The fraction of sp³-hybridized carbons (Fsp3) is 0.257. The Morgan fingerprint density at radius 1 is 0.605 bits per heavy atom. The molecule has 7 nitrogen and oxygen atoms in total. The minimum absolute atomic E-state index is 0.0837. The molecule has 1 fully saturated rings. The molecule has 4 aromatic rings. The lowest BCUT2D eigenvalue weighted by Crippen LogP contribution is -2.33. The number of hydrogen-bond donors (Lipinski definition) is 0. The summed E-state index contributed by atoms with van der Waals surface area (Å²) in [6, 6.07) is 32.4.